The highest BCUT2D eigenvalue weighted by atomic mass is 16.5. The molecule has 1 unspecified atom stereocenters. The Hall–Kier alpha value is -2.57. The van der Waals surface area contributed by atoms with Gasteiger partial charge >= 0.3 is 0 Å². The molecule has 2 aromatic rings. The molecule has 0 spiro atoms. The van der Waals surface area contributed by atoms with Crippen LogP contribution in [0.15, 0.2) is 53.5 Å². The first-order valence-electron chi connectivity index (χ1n) is 11.2. The first-order chi connectivity index (χ1) is 15.3. The van der Waals surface area contributed by atoms with Gasteiger partial charge in [0.15, 0.2) is 5.96 Å². The SMILES string of the molecule is CCNC(=NCc1ccccc1COC)NCC(c1ccccc1OC)N1CCCC1. The van der Waals surface area contributed by atoms with Crippen LogP contribution in [0.1, 0.15) is 42.5 Å². The number of nitrogens with one attached hydrogen (secondary N) is 2. The van der Waals surface area contributed by atoms with Crippen molar-refractivity contribution >= 4 is 5.96 Å². The summed E-state index contributed by atoms with van der Waals surface area (Å²) in [6.45, 7) is 7.11. The Bertz CT molecular complexity index is 834. The number of hydrogen-bond donors (Lipinski definition) is 2. The van der Waals surface area contributed by atoms with Gasteiger partial charge in [0.25, 0.3) is 0 Å². The lowest BCUT2D eigenvalue weighted by Crippen LogP contribution is -2.42. The Kier molecular flexibility index (Phi) is 9.18. The van der Waals surface area contributed by atoms with E-state index >= 15 is 0 Å². The summed E-state index contributed by atoms with van der Waals surface area (Å²) in [7, 11) is 3.47. The molecule has 0 saturated carbocycles. The van der Waals surface area contributed by atoms with E-state index in [-0.39, 0.29) is 6.04 Å². The largest absolute Gasteiger partial charge is 0.496 e. The van der Waals surface area contributed by atoms with Gasteiger partial charge < -0.3 is 20.1 Å². The summed E-state index contributed by atoms with van der Waals surface area (Å²) < 4.78 is 11.0. The van der Waals surface area contributed by atoms with Crippen LogP contribution in [0.2, 0.25) is 0 Å². The Morgan fingerprint density at radius 1 is 1.00 bits per heavy atom. The molecule has 1 heterocycles. The number of aliphatic imine (C=N–C) groups is 1. The second-order valence-electron chi connectivity index (χ2n) is 7.78. The molecule has 1 aliphatic rings. The number of hydrogen-bond acceptors (Lipinski definition) is 4. The van der Waals surface area contributed by atoms with Gasteiger partial charge in [-0.1, -0.05) is 42.5 Å². The van der Waals surface area contributed by atoms with Gasteiger partial charge in [-0.15, -0.1) is 0 Å². The third-order valence-electron chi connectivity index (χ3n) is 5.71. The molecule has 6 nitrogen and oxygen atoms in total. The van der Waals surface area contributed by atoms with Crippen LogP contribution in [-0.4, -0.2) is 51.3 Å². The van der Waals surface area contributed by atoms with Gasteiger partial charge in [0.2, 0.25) is 0 Å². The van der Waals surface area contributed by atoms with Gasteiger partial charge in [-0.25, -0.2) is 4.99 Å². The van der Waals surface area contributed by atoms with Gasteiger partial charge in [-0.3, -0.25) is 4.90 Å². The summed E-state index contributed by atoms with van der Waals surface area (Å²) >= 11 is 0. The number of para-hydroxylation sites is 1. The zero-order chi connectivity index (χ0) is 21.9. The van der Waals surface area contributed by atoms with E-state index in [2.05, 4.69) is 52.8 Å². The molecule has 1 atom stereocenters. The molecule has 0 amide bonds. The van der Waals surface area contributed by atoms with Crippen LogP contribution in [-0.2, 0) is 17.9 Å². The Morgan fingerprint density at radius 2 is 1.71 bits per heavy atom. The van der Waals surface area contributed by atoms with Gasteiger partial charge in [0.05, 0.1) is 26.3 Å². The minimum atomic E-state index is 0.239. The molecule has 31 heavy (non-hydrogen) atoms. The molecule has 2 N–H and O–H groups in total. The molecular weight excluding hydrogens is 388 g/mol. The van der Waals surface area contributed by atoms with Gasteiger partial charge in [0.1, 0.15) is 5.75 Å². The fraction of sp³-hybridized carbons (Fsp3) is 0.480. The van der Waals surface area contributed by atoms with Crippen molar-refractivity contribution in [2.75, 3.05) is 40.4 Å². The normalized spacial score (nSPS) is 15.6. The average Bonchev–Trinajstić information content (AvgIpc) is 3.33. The zero-order valence-corrected chi connectivity index (χ0v) is 19.1. The minimum absolute atomic E-state index is 0.239. The summed E-state index contributed by atoms with van der Waals surface area (Å²) in [5.74, 6) is 1.77. The minimum Gasteiger partial charge on any atom is -0.496 e. The molecule has 1 fully saturated rings. The number of likely N-dealkylation sites (tertiary alicyclic amines) is 1. The lowest BCUT2D eigenvalue weighted by atomic mass is 10.0. The van der Waals surface area contributed by atoms with Crippen LogP contribution in [0.25, 0.3) is 0 Å². The van der Waals surface area contributed by atoms with Crippen molar-refractivity contribution in [1.29, 1.82) is 0 Å². The van der Waals surface area contributed by atoms with E-state index in [1.807, 2.05) is 18.2 Å². The Morgan fingerprint density at radius 3 is 2.42 bits per heavy atom. The maximum Gasteiger partial charge on any atom is 0.191 e. The second-order valence-corrected chi connectivity index (χ2v) is 7.78. The van der Waals surface area contributed by atoms with E-state index in [0.717, 1.165) is 37.9 Å². The number of guanidine groups is 1. The highest BCUT2D eigenvalue weighted by Gasteiger charge is 2.26. The fourth-order valence-electron chi connectivity index (χ4n) is 4.14. The van der Waals surface area contributed by atoms with Crippen LogP contribution in [0.3, 0.4) is 0 Å². The van der Waals surface area contributed by atoms with E-state index in [1.165, 1.54) is 29.5 Å². The lowest BCUT2D eigenvalue weighted by Gasteiger charge is -2.30. The third kappa shape index (κ3) is 6.45. The number of benzene rings is 2. The lowest BCUT2D eigenvalue weighted by molar-refractivity contribution is 0.184. The van der Waals surface area contributed by atoms with Crippen molar-refractivity contribution in [3.05, 3.63) is 65.2 Å². The van der Waals surface area contributed by atoms with Crippen LogP contribution in [0.4, 0.5) is 0 Å². The first-order valence-corrected chi connectivity index (χ1v) is 11.2. The van der Waals surface area contributed by atoms with E-state index in [0.29, 0.717) is 13.2 Å². The van der Waals surface area contributed by atoms with Crippen LogP contribution < -0.4 is 15.4 Å². The number of ether oxygens (including phenoxy) is 2. The molecule has 3 rings (SSSR count). The maximum absolute atomic E-state index is 5.67. The molecule has 1 aliphatic heterocycles. The summed E-state index contributed by atoms with van der Waals surface area (Å²) in [6.07, 6.45) is 2.49. The smallest absolute Gasteiger partial charge is 0.191 e. The standard InChI is InChI=1S/C25H36N4O2/c1-4-26-25(27-17-20-11-5-6-12-21(20)19-30-2)28-18-23(29-15-9-10-16-29)22-13-7-8-14-24(22)31-3/h5-8,11-14,23H,4,9-10,15-19H2,1-3H3,(H2,26,27,28). The summed E-state index contributed by atoms with van der Waals surface area (Å²) in [6, 6.07) is 16.9. The highest BCUT2D eigenvalue weighted by Crippen LogP contribution is 2.31. The summed E-state index contributed by atoms with van der Waals surface area (Å²) in [5.41, 5.74) is 3.58. The molecule has 0 bridgehead atoms. The summed E-state index contributed by atoms with van der Waals surface area (Å²) in [4.78, 5) is 7.39. The van der Waals surface area contributed by atoms with Gasteiger partial charge in [-0.05, 0) is 50.0 Å². The zero-order valence-electron chi connectivity index (χ0n) is 19.1. The average molecular weight is 425 g/mol. The van der Waals surface area contributed by atoms with Crippen molar-refractivity contribution in [1.82, 2.24) is 15.5 Å². The Labute approximate surface area is 186 Å². The fourth-order valence-corrected chi connectivity index (χ4v) is 4.14. The predicted octanol–water partition coefficient (Wildman–Crippen LogP) is 3.73. The topological polar surface area (TPSA) is 58.1 Å². The third-order valence-corrected chi connectivity index (χ3v) is 5.71. The van der Waals surface area contributed by atoms with Crippen LogP contribution >= 0.6 is 0 Å². The number of nitrogens with zero attached hydrogens (tertiary/aromatic N) is 2. The highest BCUT2D eigenvalue weighted by molar-refractivity contribution is 5.79. The first kappa shape index (κ1) is 23.1. The molecule has 0 aromatic heterocycles. The van der Waals surface area contributed by atoms with Crippen LogP contribution in [0.5, 0.6) is 5.75 Å². The molecule has 6 heteroatoms. The van der Waals surface area contributed by atoms with E-state index < -0.39 is 0 Å². The Balaban J connectivity index is 1.75. The molecule has 0 radical (unpaired) electrons. The number of rotatable bonds is 10. The monoisotopic (exact) mass is 424 g/mol. The van der Waals surface area contributed by atoms with Crippen LogP contribution in [0, 0.1) is 0 Å². The van der Waals surface area contributed by atoms with E-state index in [9.17, 15) is 0 Å². The molecular formula is C25H36N4O2. The maximum atomic E-state index is 5.67. The van der Waals surface area contributed by atoms with Gasteiger partial charge in [-0.2, -0.15) is 0 Å². The van der Waals surface area contributed by atoms with Crippen molar-refractivity contribution in [2.45, 2.75) is 39.0 Å². The van der Waals surface area contributed by atoms with Crippen molar-refractivity contribution in [3.63, 3.8) is 0 Å². The summed E-state index contributed by atoms with van der Waals surface area (Å²) in [5, 5.41) is 6.97. The quantitative estimate of drug-likeness (QED) is 0.450. The second kappa shape index (κ2) is 12.3. The number of methoxy groups -OCH3 is 2. The van der Waals surface area contributed by atoms with E-state index in [1.54, 1.807) is 14.2 Å². The van der Waals surface area contributed by atoms with Crippen molar-refractivity contribution in [2.24, 2.45) is 4.99 Å². The van der Waals surface area contributed by atoms with Crippen molar-refractivity contribution < 1.29 is 9.47 Å². The van der Waals surface area contributed by atoms with Gasteiger partial charge in [0, 0.05) is 25.8 Å². The molecule has 168 valence electrons. The molecule has 0 aliphatic carbocycles. The van der Waals surface area contributed by atoms with Crippen molar-refractivity contribution in [3.8, 4) is 5.75 Å². The molecule has 1 saturated heterocycles. The molecule has 2 aromatic carbocycles. The van der Waals surface area contributed by atoms with E-state index in [4.69, 9.17) is 14.5 Å². The predicted molar refractivity (Wildman–Crippen MR) is 127 cm³/mol.